The number of hydrogen-bond donors (Lipinski definition) is 1. The maximum Gasteiger partial charge on any atom is 0.416 e. The minimum absolute atomic E-state index is 0.00938. The predicted molar refractivity (Wildman–Crippen MR) is 186 cm³/mol. The van der Waals surface area contributed by atoms with Gasteiger partial charge in [0, 0.05) is 28.5 Å². The lowest BCUT2D eigenvalue weighted by Gasteiger charge is -2.35. The van der Waals surface area contributed by atoms with Crippen molar-refractivity contribution in [3.8, 4) is 0 Å². The molecule has 0 unspecified atom stereocenters. The van der Waals surface area contributed by atoms with Crippen LogP contribution >= 0.6 is 34.8 Å². The van der Waals surface area contributed by atoms with Gasteiger partial charge in [-0.15, -0.1) is 0 Å². The van der Waals surface area contributed by atoms with Gasteiger partial charge in [0.25, 0.3) is 10.0 Å². The molecule has 0 saturated heterocycles. The van der Waals surface area contributed by atoms with Gasteiger partial charge >= 0.3 is 6.18 Å². The Morgan fingerprint density at radius 2 is 1.43 bits per heavy atom. The molecule has 0 heterocycles. The largest absolute Gasteiger partial charge is 0.416 e. The molecular formula is C35H33Cl3F3N3O4S. The second kappa shape index (κ2) is 15.4. The van der Waals surface area contributed by atoms with Crippen LogP contribution in [0.1, 0.15) is 37.5 Å². The predicted octanol–water partition coefficient (Wildman–Crippen LogP) is 8.42. The zero-order chi connectivity index (χ0) is 36.1. The Morgan fingerprint density at radius 3 is 2.00 bits per heavy atom. The number of sulfonamides is 1. The Kier molecular flexibility index (Phi) is 12.0. The van der Waals surface area contributed by atoms with E-state index in [9.17, 15) is 31.2 Å². The van der Waals surface area contributed by atoms with E-state index in [0.717, 1.165) is 11.0 Å². The van der Waals surface area contributed by atoms with Gasteiger partial charge in [-0.2, -0.15) is 13.2 Å². The maximum atomic E-state index is 14.6. The van der Waals surface area contributed by atoms with Gasteiger partial charge in [-0.3, -0.25) is 13.9 Å². The van der Waals surface area contributed by atoms with E-state index in [1.807, 2.05) is 0 Å². The molecule has 260 valence electrons. The third-order valence-corrected chi connectivity index (χ3v) is 9.96. The van der Waals surface area contributed by atoms with E-state index in [-0.39, 0.29) is 27.9 Å². The number of carbonyl (C=O) groups excluding carboxylic acids is 2. The maximum absolute atomic E-state index is 14.6. The van der Waals surface area contributed by atoms with Gasteiger partial charge in [-0.1, -0.05) is 89.4 Å². The van der Waals surface area contributed by atoms with Crippen LogP contribution in [0.3, 0.4) is 0 Å². The Hall–Kier alpha value is -3.77. The fourth-order valence-electron chi connectivity index (χ4n) is 4.95. The third-order valence-electron chi connectivity index (χ3n) is 7.28. The van der Waals surface area contributed by atoms with Gasteiger partial charge < -0.3 is 10.2 Å². The van der Waals surface area contributed by atoms with Crippen molar-refractivity contribution in [2.75, 3.05) is 10.8 Å². The second-order valence-corrected chi connectivity index (χ2v) is 15.3. The first kappa shape index (κ1) is 38.0. The molecule has 0 aliphatic carbocycles. The number of hydrogen-bond acceptors (Lipinski definition) is 4. The van der Waals surface area contributed by atoms with Crippen molar-refractivity contribution in [1.29, 1.82) is 0 Å². The molecule has 49 heavy (non-hydrogen) atoms. The van der Waals surface area contributed by atoms with Crippen LogP contribution in [0.25, 0.3) is 0 Å². The molecule has 1 N–H and O–H groups in total. The molecule has 0 spiro atoms. The van der Waals surface area contributed by atoms with Crippen LogP contribution in [0.5, 0.6) is 0 Å². The Balaban J connectivity index is 1.90. The second-order valence-electron chi connectivity index (χ2n) is 12.2. The van der Waals surface area contributed by atoms with Crippen LogP contribution in [-0.2, 0) is 38.8 Å². The fraction of sp³-hybridized carbons (Fsp3) is 0.257. The average molecular weight is 755 g/mol. The minimum Gasteiger partial charge on any atom is -0.350 e. The van der Waals surface area contributed by atoms with Crippen molar-refractivity contribution in [1.82, 2.24) is 10.2 Å². The summed E-state index contributed by atoms with van der Waals surface area (Å²) in [5.41, 5.74) is -1.41. The van der Waals surface area contributed by atoms with E-state index in [1.165, 1.54) is 30.3 Å². The molecule has 0 aliphatic rings. The van der Waals surface area contributed by atoms with Crippen molar-refractivity contribution >= 4 is 62.3 Å². The topological polar surface area (TPSA) is 86.8 Å². The van der Waals surface area contributed by atoms with Crippen LogP contribution in [0.2, 0.25) is 15.1 Å². The standard InChI is InChI=1S/C35H33Cl3F3N3O4S/c1-34(2,3)42-33(46)31(18-23-10-6-4-7-11-23)43(21-24-14-16-26(36)20-29(24)38)32(45)22-44(49(47,48)27-12-8-5-9-13-27)30-19-25(35(39,40)41)15-17-28(30)37/h4-17,19-20,31H,18,21-22H2,1-3H3,(H,42,46)/t31-/m1/s1. The van der Waals surface area contributed by atoms with Crippen molar-refractivity contribution in [2.24, 2.45) is 0 Å². The summed E-state index contributed by atoms with van der Waals surface area (Å²) in [5, 5.41) is 3.04. The molecule has 4 aromatic rings. The number of alkyl halides is 3. The van der Waals surface area contributed by atoms with Crippen molar-refractivity contribution < 1.29 is 31.2 Å². The summed E-state index contributed by atoms with van der Waals surface area (Å²) in [4.78, 5) is 29.4. The molecule has 0 saturated carbocycles. The molecular weight excluding hydrogens is 722 g/mol. The zero-order valence-electron chi connectivity index (χ0n) is 26.6. The van der Waals surface area contributed by atoms with Crippen molar-refractivity contribution in [3.05, 3.63) is 129 Å². The number of benzene rings is 4. The lowest BCUT2D eigenvalue weighted by Crippen LogP contribution is -2.56. The highest BCUT2D eigenvalue weighted by Gasteiger charge is 2.38. The average Bonchev–Trinajstić information content (AvgIpc) is 3.02. The fourth-order valence-corrected chi connectivity index (χ4v) is 7.14. The molecule has 0 radical (unpaired) electrons. The van der Waals surface area contributed by atoms with Gasteiger partial charge in [-0.25, -0.2) is 8.42 Å². The van der Waals surface area contributed by atoms with Crippen LogP contribution < -0.4 is 9.62 Å². The number of carbonyl (C=O) groups is 2. The quantitative estimate of drug-likeness (QED) is 0.167. The van der Waals surface area contributed by atoms with Crippen molar-refractivity contribution in [2.45, 2.75) is 56.4 Å². The minimum atomic E-state index is -4.85. The highest BCUT2D eigenvalue weighted by Crippen LogP contribution is 2.37. The zero-order valence-corrected chi connectivity index (χ0v) is 29.7. The van der Waals surface area contributed by atoms with Crippen LogP contribution in [-0.4, -0.2) is 43.3 Å². The molecule has 0 aromatic heterocycles. The number of amides is 2. The summed E-state index contributed by atoms with van der Waals surface area (Å²) in [6.45, 7) is 3.99. The smallest absolute Gasteiger partial charge is 0.350 e. The molecule has 7 nitrogen and oxygen atoms in total. The number of halogens is 6. The van der Waals surface area contributed by atoms with E-state index in [4.69, 9.17) is 34.8 Å². The third kappa shape index (κ3) is 9.91. The number of anilines is 1. The summed E-state index contributed by atoms with van der Waals surface area (Å²) >= 11 is 19.0. The van der Waals surface area contributed by atoms with Gasteiger partial charge in [0.1, 0.15) is 12.6 Å². The summed E-state index contributed by atoms with van der Waals surface area (Å²) in [5.74, 6) is -1.46. The van der Waals surface area contributed by atoms with Gasteiger partial charge in [0.15, 0.2) is 0 Å². The van der Waals surface area contributed by atoms with Crippen molar-refractivity contribution in [3.63, 3.8) is 0 Å². The normalized spacial score (nSPS) is 12.7. The molecule has 0 bridgehead atoms. The number of rotatable bonds is 11. The van der Waals surface area contributed by atoms with E-state index in [1.54, 1.807) is 69.3 Å². The molecule has 14 heteroatoms. The molecule has 4 aromatic carbocycles. The van der Waals surface area contributed by atoms with Gasteiger partial charge in [-0.05, 0) is 74.4 Å². The first-order valence-corrected chi connectivity index (χ1v) is 17.5. The summed E-state index contributed by atoms with van der Waals surface area (Å²) < 4.78 is 70.4. The van der Waals surface area contributed by atoms with Crippen LogP contribution in [0.15, 0.2) is 102 Å². The SMILES string of the molecule is CC(C)(C)NC(=O)[C@@H](Cc1ccccc1)N(Cc1ccc(Cl)cc1Cl)C(=O)CN(c1cc(C(F)(F)F)ccc1Cl)S(=O)(=O)c1ccccc1. The van der Waals surface area contributed by atoms with E-state index in [0.29, 0.717) is 32.6 Å². The Morgan fingerprint density at radius 1 is 0.816 bits per heavy atom. The monoisotopic (exact) mass is 753 g/mol. The molecule has 0 aliphatic heterocycles. The highest BCUT2D eigenvalue weighted by atomic mass is 35.5. The van der Waals surface area contributed by atoms with Gasteiger partial charge in [0.2, 0.25) is 11.8 Å². The number of nitrogens with zero attached hydrogens (tertiary/aromatic N) is 2. The molecule has 4 rings (SSSR count). The number of nitrogens with one attached hydrogen (secondary N) is 1. The lowest BCUT2D eigenvalue weighted by atomic mass is 10.0. The van der Waals surface area contributed by atoms with Crippen LogP contribution in [0.4, 0.5) is 18.9 Å². The van der Waals surface area contributed by atoms with Gasteiger partial charge in [0.05, 0.1) is 21.2 Å². The van der Waals surface area contributed by atoms with E-state index < -0.39 is 57.4 Å². The van der Waals surface area contributed by atoms with Crippen LogP contribution in [0, 0.1) is 0 Å². The lowest BCUT2D eigenvalue weighted by molar-refractivity contribution is -0.140. The first-order chi connectivity index (χ1) is 22.9. The van der Waals surface area contributed by atoms with E-state index >= 15 is 0 Å². The highest BCUT2D eigenvalue weighted by molar-refractivity contribution is 7.92. The summed E-state index contributed by atoms with van der Waals surface area (Å²) in [6.07, 6.45) is -4.84. The summed E-state index contributed by atoms with van der Waals surface area (Å²) in [6, 6.07) is 21.3. The molecule has 2 amide bonds. The Labute approximate surface area is 298 Å². The first-order valence-electron chi connectivity index (χ1n) is 14.9. The van der Waals surface area contributed by atoms with E-state index in [2.05, 4.69) is 5.32 Å². The summed E-state index contributed by atoms with van der Waals surface area (Å²) in [7, 11) is -4.70. The molecule has 1 atom stereocenters. The molecule has 0 fully saturated rings. The Bertz CT molecular complexity index is 1910.